The molecule has 0 saturated carbocycles. The maximum absolute atomic E-state index is 12.1. The average molecular weight is 144 g/mol. The first kappa shape index (κ1) is 9.67. The van der Waals surface area contributed by atoms with Crippen LogP contribution < -0.4 is 0 Å². The van der Waals surface area contributed by atoms with E-state index in [2.05, 4.69) is 6.92 Å². The monoisotopic (exact) mass is 144 g/mol. The molecule has 0 heterocycles. The van der Waals surface area contributed by atoms with Crippen LogP contribution in [0.4, 0.5) is 4.39 Å². The molecular formula is C9H17F. The lowest BCUT2D eigenvalue weighted by atomic mass is 10.1. The predicted molar refractivity (Wildman–Crippen MR) is 43.6 cm³/mol. The van der Waals surface area contributed by atoms with Crippen molar-refractivity contribution < 1.29 is 4.39 Å². The summed E-state index contributed by atoms with van der Waals surface area (Å²) in [5.74, 6) is -0.0449. The molecular weight excluding hydrogens is 127 g/mol. The van der Waals surface area contributed by atoms with Crippen LogP contribution in [0, 0.1) is 0 Å². The van der Waals surface area contributed by atoms with Crippen molar-refractivity contribution in [1.29, 1.82) is 0 Å². The van der Waals surface area contributed by atoms with Gasteiger partial charge in [0.25, 0.3) is 0 Å². The summed E-state index contributed by atoms with van der Waals surface area (Å²) in [6.45, 7) is 3.68. The third-order valence-corrected chi connectivity index (χ3v) is 1.48. The van der Waals surface area contributed by atoms with Gasteiger partial charge in [-0.25, -0.2) is 4.39 Å². The van der Waals surface area contributed by atoms with E-state index in [-0.39, 0.29) is 5.83 Å². The van der Waals surface area contributed by atoms with Crippen LogP contribution in [0.3, 0.4) is 0 Å². The van der Waals surface area contributed by atoms with Gasteiger partial charge in [-0.2, -0.15) is 0 Å². The minimum absolute atomic E-state index is 0.0449. The highest BCUT2D eigenvalue weighted by molar-refractivity contribution is 4.85. The Bertz CT molecular complexity index is 90.9. The van der Waals surface area contributed by atoms with Gasteiger partial charge in [-0.15, -0.1) is 0 Å². The summed E-state index contributed by atoms with van der Waals surface area (Å²) in [7, 11) is 0. The highest BCUT2D eigenvalue weighted by Gasteiger charge is 1.85. The molecule has 0 N–H and O–H groups in total. The van der Waals surface area contributed by atoms with Crippen molar-refractivity contribution >= 4 is 0 Å². The van der Waals surface area contributed by atoms with E-state index in [0.29, 0.717) is 0 Å². The zero-order valence-corrected chi connectivity index (χ0v) is 6.99. The minimum Gasteiger partial charge on any atom is -0.212 e. The molecule has 0 rings (SSSR count). The smallest absolute Gasteiger partial charge is 0.0928 e. The van der Waals surface area contributed by atoms with Crippen molar-refractivity contribution in [2.75, 3.05) is 0 Å². The molecule has 0 nitrogen and oxygen atoms in total. The summed E-state index contributed by atoms with van der Waals surface area (Å²) < 4.78 is 12.1. The second-order valence-electron chi connectivity index (χ2n) is 2.64. The van der Waals surface area contributed by atoms with Crippen LogP contribution in [0.1, 0.15) is 46.0 Å². The van der Waals surface area contributed by atoms with E-state index >= 15 is 0 Å². The predicted octanol–water partition coefficient (Wildman–Crippen LogP) is 3.83. The van der Waals surface area contributed by atoms with E-state index in [1.165, 1.54) is 26.2 Å². The molecule has 60 valence electrons. The van der Waals surface area contributed by atoms with Crippen molar-refractivity contribution in [2.24, 2.45) is 0 Å². The second kappa shape index (κ2) is 6.79. The van der Waals surface area contributed by atoms with E-state index < -0.39 is 0 Å². The molecule has 0 aromatic heterocycles. The Morgan fingerprint density at radius 1 is 1.30 bits per heavy atom. The zero-order chi connectivity index (χ0) is 7.82. The molecule has 10 heavy (non-hydrogen) atoms. The molecule has 0 fully saturated rings. The average Bonchev–Trinajstić information content (AvgIpc) is 1.87. The highest BCUT2D eigenvalue weighted by atomic mass is 19.1. The molecule has 0 bridgehead atoms. The van der Waals surface area contributed by atoms with Gasteiger partial charge in [0.05, 0.1) is 5.83 Å². The van der Waals surface area contributed by atoms with E-state index in [1.54, 1.807) is 6.08 Å². The van der Waals surface area contributed by atoms with Gasteiger partial charge in [-0.3, -0.25) is 0 Å². The van der Waals surface area contributed by atoms with Crippen LogP contribution in [0.5, 0.6) is 0 Å². The van der Waals surface area contributed by atoms with Gasteiger partial charge in [0.1, 0.15) is 0 Å². The van der Waals surface area contributed by atoms with Gasteiger partial charge >= 0.3 is 0 Å². The fourth-order valence-electron chi connectivity index (χ4n) is 0.872. The van der Waals surface area contributed by atoms with Gasteiger partial charge in [0, 0.05) is 0 Å². The first-order valence-corrected chi connectivity index (χ1v) is 4.09. The molecule has 0 atom stereocenters. The summed E-state index contributed by atoms with van der Waals surface area (Å²) >= 11 is 0. The van der Waals surface area contributed by atoms with Crippen LogP contribution in [-0.4, -0.2) is 0 Å². The van der Waals surface area contributed by atoms with Gasteiger partial charge in [0.15, 0.2) is 0 Å². The quantitative estimate of drug-likeness (QED) is 0.514. The maximum atomic E-state index is 12.1. The number of hydrogen-bond acceptors (Lipinski definition) is 0. The fraction of sp³-hybridized carbons (Fsp3) is 0.778. The minimum atomic E-state index is -0.0449. The summed E-state index contributed by atoms with van der Waals surface area (Å²) in [6, 6.07) is 0. The number of rotatable bonds is 5. The molecule has 0 aliphatic rings. The van der Waals surface area contributed by atoms with E-state index in [0.717, 1.165) is 12.8 Å². The molecule has 0 aliphatic carbocycles. The Morgan fingerprint density at radius 3 is 2.50 bits per heavy atom. The highest BCUT2D eigenvalue weighted by Crippen LogP contribution is 2.05. The lowest BCUT2D eigenvalue weighted by Gasteiger charge is -1.93. The molecule has 0 aliphatic heterocycles. The first-order chi connectivity index (χ1) is 4.77. The molecule has 0 amide bonds. The Balaban J connectivity index is 2.98. The van der Waals surface area contributed by atoms with E-state index in [1.807, 2.05) is 0 Å². The third kappa shape index (κ3) is 7.67. The summed E-state index contributed by atoms with van der Waals surface area (Å²) in [6.07, 6.45) is 7.46. The summed E-state index contributed by atoms with van der Waals surface area (Å²) in [5, 5.41) is 0. The SMILES string of the molecule is CCCCCC/C=C(/C)F. The molecule has 0 spiro atoms. The van der Waals surface area contributed by atoms with Crippen molar-refractivity contribution in [3.63, 3.8) is 0 Å². The van der Waals surface area contributed by atoms with Gasteiger partial charge in [-0.05, 0) is 19.8 Å². The zero-order valence-electron chi connectivity index (χ0n) is 6.99. The molecule has 0 saturated heterocycles. The fourth-order valence-corrected chi connectivity index (χ4v) is 0.872. The Labute approximate surface area is 63.1 Å². The van der Waals surface area contributed by atoms with E-state index in [4.69, 9.17) is 0 Å². The van der Waals surface area contributed by atoms with Crippen molar-refractivity contribution in [1.82, 2.24) is 0 Å². The molecule has 0 radical (unpaired) electrons. The van der Waals surface area contributed by atoms with E-state index in [9.17, 15) is 4.39 Å². The summed E-state index contributed by atoms with van der Waals surface area (Å²) in [5.41, 5.74) is 0. The van der Waals surface area contributed by atoms with Crippen molar-refractivity contribution in [3.05, 3.63) is 11.9 Å². The van der Waals surface area contributed by atoms with Crippen molar-refractivity contribution in [2.45, 2.75) is 46.0 Å². The summed E-state index contributed by atoms with van der Waals surface area (Å²) in [4.78, 5) is 0. The number of allylic oxidation sites excluding steroid dienone is 2. The topological polar surface area (TPSA) is 0 Å². The van der Waals surface area contributed by atoms with Crippen LogP contribution in [-0.2, 0) is 0 Å². The normalized spacial score (nSPS) is 12.1. The van der Waals surface area contributed by atoms with Crippen LogP contribution in [0.2, 0.25) is 0 Å². The Kier molecular flexibility index (Phi) is 6.56. The molecule has 0 unspecified atom stereocenters. The molecule has 0 aromatic rings. The molecule has 1 heteroatoms. The number of halogens is 1. The van der Waals surface area contributed by atoms with Crippen LogP contribution in [0.25, 0.3) is 0 Å². The standard InChI is InChI=1S/C9H17F/c1-3-4-5-6-7-8-9(2)10/h8H,3-7H2,1-2H3/b9-8-. The second-order valence-corrected chi connectivity index (χ2v) is 2.64. The molecule has 0 aromatic carbocycles. The lowest BCUT2D eigenvalue weighted by Crippen LogP contribution is -1.74. The maximum Gasteiger partial charge on any atom is 0.0928 e. The number of hydrogen-bond donors (Lipinski definition) is 0. The van der Waals surface area contributed by atoms with Gasteiger partial charge in [0.2, 0.25) is 0 Å². The van der Waals surface area contributed by atoms with Crippen LogP contribution >= 0.6 is 0 Å². The lowest BCUT2D eigenvalue weighted by molar-refractivity contribution is 0.620. The Morgan fingerprint density at radius 2 is 2.00 bits per heavy atom. The number of unbranched alkanes of at least 4 members (excludes halogenated alkanes) is 4. The Hall–Kier alpha value is -0.330. The largest absolute Gasteiger partial charge is 0.212 e. The first-order valence-electron chi connectivity index (χ1n) is 4.09. The van der Waals surface area contributed by atoms with Crippen molar-refractivity contribution in [3.8, 4) is 0 Å². The van der Waals surface area contributed by atoms with Crippen LogP contribution in [0.15, 0.2) is 11.9 Å². The van der Waals surface area contributed by atoms with Gasteiger partial charge < -0.3 is 0 Å². The third-order valence-electron chi connectivity index (χ3n) is 1.48. The van der Waals surface area contributed by atoms with Gasteiger partial charge in [-0.1, -0.05) is 32.3 Å².